The Morgan fingerprint density at radius 1 is 1.29 bits per heavy atom. The minimum absolute atomic E-state index is 0.0158. The number of nitrogens with zero attached hydrogens (tertiary/aromatic N) is 2. The molecule has 0 aliphatic heterocycles. The van der Waals surface area contributed by atoms with Gasteiger partial charge < -0.3 is 0 Å². The van der Waals surface area contributed by atoms with E-state index in [2.05, 4.69) is 5.10 Å². The second kappa shape index (κ2) is 5.95. The van der Waals surface area contributed by atoms with Gasteiger partial charge in [0.1, 0.15) is 5.82 Å². The lowest BCUT2D eigenvalue weighted by molar-refractivity contribution is 0.0894. The topological polar surface area (TPSA) is 52.0 Å². The second-order valence-corrected chi connectivity index (χ2v) is 5.33. The number of aryl methyl sites for hydroxylation is 2. The Hall–Kier alpha value is -1.72. The Bertz CT molecular complexity index is 741. The molecule has 21 heavy (non-hydrogen) atoms. The predicted octanol–water partition coefficient (Wildman–Crippen LogP) is 3.63. The molecule has 4 nitrogen and oxygen atoms in total. The van der Waals surface area contributed by atoms with Crippen LogP contribution in [0.4, 0.5) is 4.39 Å². The van der Waals surface area contributed by atoms with Gasteiger partial charge in [0.2, 0.25) is 0 Å². The van der Waals surface area contributed by atoms with Gasteiger partial charge in [0.25, 0.3) is 0 Å². The largest absolute Gasteiger partial charge is 0.294 e. The summed E-state index contributed by atoms with van der Waals surface area (Å²) in [6, 6.07) is 2.30. The highest BCUT2D eigenvalue weighted by molar-refractivity contribution is 6.40. The Morgan fingerprint density at radius 2 is 1.95 bits per heavy atom. The molecule has 0 unspecified atom stereocenters. The zero-order chi connectivity index (χ0) is 15.7. The molecule has 7 heteroatoms. The SMILES string of the molecule is Cc1nn(C)cc1C(=O)CC(=O)c1c(Cl)ccc(F)c1Cl. The molecule has 0 aliphatic rings. The van der Waals surface area contributed by atoms with Crippen molar-refractivity contribution in [3.05, 3.63) is 51.0 Å². The first-order chi connectivity index (χ1) is 9.81. The van der Waals surface area contributed by atoms with E-state index < -0.39 is 23.8 Å². The smallest absolute Gasteiger partial charge is 0.174 e. The van der Waals surface area contributed by atoms with E-state index in [4.69, 9.17) is 23.2 Å². The number of Topliss-reactive ketones (excluding diaryl/α,β-unsaturated/α-hetero) is 2. The summed E-state index contributed by atoms with van der Waals surface area (Å²) in [5.41, 5.74) is 0.689. The molecule has 1 aromatic carbocycles. The number of aromatic nitrogens is 2. The number of hydrogen-bond donors (Lipinski definition) is 0. The maximum Gasteiger partial charge on any atom is 0.174 e. The molecule has 0 radical (unpaired) electrons. The van der Waals surface area contributed by atoms with E-state index in [9.17, 15) is 14.0 Å². The van der Waals surface area contributed by atoms with Crippen LogP contribution in [0.5, 0.6) is 0 Å². The minimum Gasteiger partial charge on any atom is -0.294 e. The molecular weight excluding hydrogens is 318 g/mol. The van der Waals surface area contributed by atoms with Crippen molar-refractivity contribution in [3.8, 4) is 0 Å². The molecular formula is C14H11Cl2FN2O2. The van der Waals surface area contributed by atoms with Gasteiger partial charge in [0.05, 0.1) is 33.3 Å². The summed E-state index contributed by atoms with van der Waals surface area (Å²) >= 11 is 11.6. The van der Waals surface area contributed by atoms with Crippen LogP contribution < -0.4 is 0 Å². The first kappa shape index (κ1) is 15.7. The number of carbonyl (C=O) groups excluding carboxylic acids is 2. The van der Waals surface area contributed by atoms with Gasteiger partial charge in [-0.05, 0) is 19.1 Å². The molecule has 0 atom stereocenters. The van der Waals surface area contributed by atoms with Gasteiger partial charge in [0.15, 0.2) is 11.6 Å². The second-order valence-electron chi connectivity index (χ2n) is 4.54. The Kier molecular flexibility index (Phi) is 4.44. The third-order valence-electron chi connectivity index (χ3n) is 2.96. The summed E-state index contributed by atoms with van der Waals surface area (Å²) in [6.45, 7) is 1.67. The molecule has 0 amide bonds. The zero-order valence-electron chi connectivity index (χ0n) is 11.3. The number of rotatable bonds is 4. The fourth-order valence-electron chi connectivity index (χ4n) is 1.99. The van der Waals surface area contributed by atoms with Gasteiger partial charge in [-0.15, -0.1) is 0 Å². The lowest BCUT2D eigenvalue weighted by Crippen LogP contribution is -2.10. The highest BCUT2D eigenvalue weighted by atomic mass is 35.5. The van der Waals surface area contributed by atoms with Crippen molar-refractivity contribution in [1.82, 2.24) is 9.78 Å². The van der Waals surface area contributed by atoms with Crippen LogP contribution in [-0.2, 0) is 7.05 Å². The van der Waals surface area contributed by atoms with Gasteiger partial charge in [-0.25, -0.2) is 4.39 Å². The third-order valence-corrected chi connectivity index (χ3v) is 3.64. The summed E-state index contributed by atoms with van der Waals surface area (Å²) in [5.74, 6) is -1.80. The number of ketones is 2. The van der Waals surface area contributed by atoms with Crippen molar-refractivity contribution in [3.63, 3.8) is 0 Å². The lowest BCUT2D eigenvalue weighted by atomic mass is 10.0. The molecule has 0 saturated carbocycles. The molecule has 110 valence electrons. The molecule has 0 aliphatic carbocycles. The van der Waals surface area contributed by atoms with Gasteiger partial charge in [-0.1, -0.05) is 23.2 Å². The third kappa shape index (κ3) is 3.14. The van der Waals surface area contributed by atoms with Crippen molar-refractivity contribution in [2.75, 3.05) is 0 Å². The molecule has 2 rings (SSSR count). The van der Waals surface area contributed by atoms with E-state index in [0.717, 1.165) is 6.07 Å². The number of halogens is 3. The fourth-order valence-corrected chi connectivity index (χ4v) is 2.57. The molecule has 0 fully saturated rings. The Balaban J connectivity index is 2.29. The standard InChI is InChI=1S/C14H11Cl2FN2O2/c1-7-8(6-19(2)18-7)11(20)5-12(21)13-9(15)3-4-10(17)14(13)16/h3-4,6H,5H2,1-2H3. The average Bonchev–Trinajstić information content (AvgIpc) is 2.73. The molecule has 0 saturated heterocycles. The van der Waals surface area contributed by atoms with Crippen LogP contribution in [0.3, 0.4) is 0 Å². The quantitative estimate of drug-likeness (QED) is 0.489. The van der Waals surface area contributed by atoms with Crippen LogP contribution in [0, 0.1) is 12.7 Å². The van der Waals surface area contributed by atoms with E-state index in [1.807, 2.05) is 0 Å². The van der Waals surface area contributed by atoms with E-state index in [1.54, 1.807) is 14.0 Å². The molecule has 0 bridgehead atoms. The minimum atomic E-state index is -0.755. The zero-order valence-corrected chi connectivity index (χ0v) is 12.8. The van der Waals surface area contributed by atoms with Crippen molar-refractivity contribution in [2.45, 2.75) is 13.3 Å². The van der Waals surface area contributed by atoms with Crippen molar-refractivity contribution >= 4 is 34.8 Å². The van der Waals surface area contributed by atoms with Crippen molar-refractivity contribution in [2.24, 2.45) is 7.05 Å². The van der Waals surface area contributed by atoms with E-state index in [-0.39, 0.29) is 15.6 Å². The summed E-state index contributed by atoms with van der Waals surface area (Å²) < 4.78 is 14.9. The lowest BCUT2D eigenvalue weighted by Gasteiger charge is -2.06. The Labute approximate surface area is 130 Å². The van der Waals surface area contributed by atoms with Gasteiger partial charge in [0, 0.05) is 13.2 Å². The van der Waals surface area contributed by atoms with Crippen LogP contribution >= 0.6 is 23.2 Å². The molecule has 2 aromatic rings. The van der Waals surface area contributed by atoms with E-state index in [1.165, 1.54) is 16.9 Å². The summed E-state index contributed by atoms with van der Waals surface area (Å²) in [4.78, 5) is 24.3. The van der Waals surface area contributed by atoms with Crippen LogP contribution in [-0.4, -0.2) is 21.3 Å². The van der Waals surface area contributed by atoms with E-state index in [0.29, 0.717) is 11.3 Å². The molecule has 0 spiro atoms. The highest BCUT2D eigenvalue weighted by Crippen LogP contribution is 2.28. The number of hydrogen-bond acceptors (Lipinski definition) is 3. The Morgan fingerprint density at radius 3 is 2.52 bits per heavy atom. The first-order valence-electron chi connectivity index (χ1n) is 6.01. The van der Waals surface area contributed by atoms with Crippen LogP contribution in [0.25, 0.3) is 0 Å². The van der Waals surface area contributed by atoms with Gasteiger partial charge in [-0.2, -0.15) is 5.10 Å². The van der Waals surface area contributed by atoms with Crippen LogP contribution in [0.2, 0.25) is 10.0 Å². The van der Waals surface area contributed by atoms with Crippen LogP contribution in [0.15, 0.2) is 18.3 Å². The summed E-state index contributed by atoms with van der Waals surface area (Å²) in [5, 5.41) is 3.68. The van der Waals surface area contributed by atoms with Crippen molar-refractivity contribution < 1.29 is 14.0 Å². The summed E-state index contributed by atoms with van der Waals surface area (Å²) in [6.07, 6.45) is 1.08. The van der Waals surface area contributed by atoms with E-state index >= 15 is 0 Å². The van der Waals surface area contributed by atoms with Gasteiger partial charge in [-0.3, -0.25) is 14.3 Å². The maximum absolute atomic E-state index is 13.4. The fraction of sp³-hybridized carbons (Fsp3) is 0.214. The highest BCUT2D eigenvalue weighted by Gasteiger charge is 2.22. The molecule has 0 N–H and O–H groups in total. The number of benzene rings is 1. The predicted molar refractivity (Wildman–Crippen MR) is 77.6 cm³/mol. The first-order valence-corrected chi connectivity index (χ1v) is 6.77. The maximum atomic E-state index is 13.4. The van der Waals surface area contributed by atoms with Crippen molar-refractivity contribution in [1.29, 1.82) is 0 Å². The number of carbonyl (C=O) groups is 2. The van der Waals surface area contributed by atoms with Gasteiger partial charge >= 0.3 is 0 Å². The molecule has 1 heterocycles. The normalized spacial score (nSPS) is 10.7. The van der Waals surface area contributed by atoms with Crippen LogP contribution in [0.1, 0.15) is 32.8 Å². The average molecular weight is 329 g/mol. The summed E-state index contributed by atoms with van der Waals surface area (Å²) in [7, 11) is 1.67. The monoisotopic (exact) mass is 328 g/mol. The molecule has 1 aromatic heterocycles.